The molecule has 1 saturated heterocycles. The summed E-state index contributed by atoms with van der Waals surface area (Å²) in [4.78, 5) is 6.95. The van der Waals surface area contributed by atoms with Gasteiger partial charge in [-0.1, -0.05) is 17.7 Å². The predicted octanol–water partition coefficient (Wildman–Crippen LogP) is 4.41. The molecular weight excluding hydrogens is 300 g/mol. The van der Waals surface area contributed by atoms with Gasteiger partial charge in [-0.3, -0.25) is 0 Å². The van der Waals surface area contributed by atoms with E-state index in [0.29, 0.717) is 0 Å². The molecule has 0 saturated carbocycles. The number of halogens is 2. The molecule has 90 valence electrons. The lowest BCUT2D eigenvalue weighted by Gasteiger charge is -2.16. The zero-order chi connectivity index (χ0) is 12.3. The van der Waals surface area contributed by atoms with Crippen molar-refractivity contribution >= 4 is 39.1 Å². The van der Waals surface area contributed by atoms with Gasteiger partial charge in [0.15, 0.2) is 0 Å². The van der Waals surface area contributed by atoms with Crippen molar-refractivity contribution in [3.05, 3.63) is 40.3 Å². The Balaban J connectivity index is 2.25. The maximum absolute atomic E-state index is 5.91. The first-order valence-electron chi connectivity index (χ1n) is 5.59. The summed E-state index contributed by atoms with van der Waals surface area (Å²) in [5.41, 5.74) is 0.931. The van der Waals surface area contributed by atoms with E-state index < -0.39 is 0 Å². The van der Waals surface area contributed by atoms with E-state index in [2.05, 4.69) is 32.4 Å². The first-order chi connectivity index (χ1) is 8.20. The number of rotatable bonds is 3. The number of aliphatic imine (C=N–C) groups is 1. The van der Waals surface area contributed by atoms with Crippen LogP contribution in [0.4, 0.5) is 5.69 Å². The van der Waals surface area contributed by atoms with Gasteiger partial charge in [0, 0.05) is 29.0 Å². The smallest absolute Gasteiger partial charge is 0.105 e. The average molecular weight is 314 g/mol. The molecule has 1 aromatic carbocycles. The van der Waals surface area contributed by atoms with E-state index in [1.165, 1.54) is 0 Å². The molecule has 1 aliphatic rings. The van der Waals surface area contributed by atoms with Crippen molar-refractivity contribution in [1.29, 1.82) is 0 Å². The summed E-state index contributed by atoms with van der Waals surface area (Å²) in [6, 6.07) is 5.66. The third-order valence-corrected chi connectivity index (χ3v) is 3.57. The van der Waals surface area contributed by atoms with Crippen LogP contribution in [0.5, 0.6) is 0 Å². The van der Waals surface area contributed by atoms with Crippen LogP contribution in [0.25, 0.3) is 0 Å². The Morgan fingerprint density at radius 1 is 1.53 bits per heavy atom. The Kier molecular flexibility index (Phi) is 4.24. The van der Waals surface area contributed by atoms with Crippen LogP contribution in [0, 0.1) is 0 Å². The summed E-state index contributed by atoms with van der Waals surface area (Å²) in [5, 5.41) is 0.718. The largest absolute Gasteiger partial charge is 0.356 e. The number of hydrogen-bond acceptors (Lipinski definition) is 1. The zero-order valence-electron chi connectivity index (χ0n) is 9.50. The molecule has 0 bridgehead atoms. The summed E-state index contributed by atoms with van der Waals surface area (Å²) in [6.45, 7) is 5.70. The van der Waals surface area contributed by atoms with Crippen molar-refractivity contribution in [3.8, 4) is 0 Å². The normalized spacial score (nSPS) is 17.8. The fraction of sp³-hybridized carbons (Fsp3) is 0.308. The number of hydrogen-bond donors (Lipinski definition) is 0. The molecule has 0 aromatic heterocycles. The molecule has 1 aliphatic heterocycles. The second-order valence-electron chi connectivity index (χ2n) is 3.96. The minimum atomic E-state index is 0.718. The fourth-order valence-corrected chi connectivity index (χ4v) is 2.68. The summed E-state index contributed by atoms with van der Waals surface area (Å²) in [6.07, 6.45) is 4.11. The van der Waals surface area contributed by atoms with Gasteiger partial charge in [-0.2, -0.15) is 0 Å². The Morgan fingerprint density at radius 2 is 2.35 bits per heavy atom. The van der Waals surface area contributed by atoms with Crippen LogP contribution < -0.4 is 0 Å². The van der Waals surface area contributed by atoms with Crippen LogP contribution in [-0.2, 0) is 0 Å². The molecule has 0 aliphatic carbocycles. The molecule has 0 N–H and O–H groups in total. The molecule has 1 heterocycles. The molecule has 1 fully saturated rings. The van der Waals surface area contributed by atoms with Crippen molar-refractivity contribution in [2.75, 3.05) is 13.1 Å². The van der Waals surface area contributed by atoms with E-state index in [9.17, 15) is 0 Å². The Morgan fingerprint density at radius 3 is 3.06 bits per heavy atom. The van der Waals surface area contributed by atoms with Crippen LogP contribution in [0.2, 0.25) is 5.02 Å². The average Bonchev–Trinajstić information content (AvgIpc) is 2.71. The van der Waals surface area contributed by atoms with Crippen LogP contribution in [0.3, 0.4) is 0 Å². The highest BCUT2D eigenvalue weighted by Crippen LogP contribution is 2.29. The van der Waals surface area contributed by atoms with Gasteiger partial charge < -0.3 is 4.90 Å². The summed E-state index contributed by atoms with van der Waals surface area (Å²) in [7, 11) is 0. The molecule has 0 unspecified atom stereocenters. The molecule has 4 heteroatoms. The number of likely N-dealkylation sites (tertiary alicyclic amines) is 1. The lowest BCUT2D eigenvalue weighted by molar-refractivity contribution is 0.502. The maximum Gasteiger partial charge on any atom is 0.105 e. The second-order valence-corrected chi connectivity index (χ2v) is 5.25. The molecule has 0 radical (unpaired) electrons. The van der Waals surface area contributed by atoms with Gasteiger partial charge in [0.25, 0.3) is 0 Å². The summed E-state index contributed by atoms with van der Waals surface area (Å²) < 4.78 is 0.933. The van der Waals surface area contributed by atoms with Gasteiger partial charge in [0.05, 0.1) is 5.69 Å². The third kappa shape index (κ3) is 3.11. The van der Waals surface area contributed by atoms with E-state index in [-0.39, 0.29) is 0 Å². The van der Waals surface area contributed by atoms with E-state index >= 15 is 0 Å². The van der Waals surface area contributed by atoms with Crippen LogP contribution in [0.1, 0.15) is 12.8 Å². The summed E-state index contributed by atoms with van der Waals surface area (Å²) >= 11 is 9.39. The molecule has 17 heavy (non-hydrogen) atoms. The molecule has 0 spiro atoms. The molecule has 2 nitrogen and oxygen atoms in total. The van der Waals surface area contributed by atoms with Crippen LogP contribution >= 0.6 is 27.5 Å². The third-order valence-electron chi connectivity index (χ3n) is 2.70. The minimum absolute atomic E-state index is 0.718. The van der Waals surface area contributed by atoms with E-state index in [4.69, 9.17) is 11.6 Å². The van der Waals surface area contributed by atoms with Crippen molar-refractivity contribution in [2.24, 2.45) is 4.99 Å². The van der Waals surface area contributed by atoms with E-state index in [0.717, 1.165) is 46.9 Å². The number of amidine groups is 1. The standard InChI is InChI=1S/C13H14BrClN2/c1-2-7-17-8-3-4-13(17)16-12-6-5-10(15)9-11(12)14/h2,5-6,9H,1,3-4,7-8H2. The van der Waals surface area contributed by atoms with Gasteiger partial charge >= 0.3 is 0 Å². The number of nitrogens with zero attached hydrogens (tertiary/aromatic N) is 2. The SMILES string of the molecule is C=CCN1CCCC1=Nc1ccc(Cl)cc1Br. The molecule has 1 aromatic rings. The van der Waals surface area contributed by atoms with Crippen molar-refractivity contribution in [1.82, 2.24) is 4.90 Å². The highest BCUT2D eigenvalue weighted by Gasteiger charge is 2.17. The quantitative estimate of drug-likeness (QED) is 0.755. The van der Waals surface area contributed by atoms with Crippen LogP contribution in [0.15, 0.2) is 40.3 Å². The van der Waals surface area contributed by atoms with Gasteiger partial charge in [-0.15, -0.1) is 6.58 Å². The van der Waals surface area contributed by atoms with Gasteiger partial charge in [-0.25, -0.2) is 4.99 Å². The first-order valence-corrected chi connectivity index (χ1v) is 6.76. The van der Waals surface area contributed by atoms with E-state index in [1.807, 2.05) is 24.3 Å². The van der Waals surface area contributed by atoms with Crippen molar-refractivity contribution in [3.63, 3.8) is 0 Å². The first kappa shape index (κ1) is 12.7. The molecule has 2 rings (SSSR count). The zero-order valence-corrected chi connectivity index (χ0v) is 11.8. The Bertz CT molecular complexity index is 457. The monoisotopic (exact) mass is 312 g/mol. The maximum atomic E-state index is 5.91. The Hall–Kier alpha value is -0.800. The number of benzene rings is 1. The van der Waals surface area contributed by atoms with Crippen molar-refractivity contribution < 1.29 is 0 Å². The lowest BCUT2D eigenvalue weighted by atomic mass is 10.3. The topological polar surface area (TPSA) is 15.6 Å². The second kappa shape index (κ2) is 5.69. The fourth-order valence-electron chi connectivity index (χ4n) is 1.91. The van der Waals surface area contributed by atoms with Crippen molar-refractivity contribution in [2.45, 2.75) is 12.8 Å². The van der Waals surface area contributed by atoms with E-state index in [1.54, 1.807) is 0 Å². The van der Waals surface area contributed by atoms with Crippen LogP contribution in [-0.4, -0.2) is 23.8 Å². The lowest BCUT2D eigenvalue weighted by Crippen LogP contribution is -2.24. The predicted molar refractivity (Wildman–Crippen MR) is 77.3 cm³/mol. The molecule has 0 atom stereocenters. The van der Waals surface area contributed by atoms with Gasteiger partial charge in [-0.05, 0) is 40.5 Å². The van der Waals surface area contributed by atoms with Gasteiger partial charge in [0.2, 0.25) is 0 Å². The minimum Gasteiger partial charge on any atom is -0.356 e. The molecule has 0 amide bonds. The highest BCUT2D eigenvalue weighted by atomic mass is 79.9. The van der Waals surface area contributed by atoms with Gasteiger partial charge in [0.1, 0.15) is 5.84 Å². The Labute approximate surface area is 115 Å². The summed E-state index contributed by atoms with van der Waals surface area (Å²) in [5.74, 6) is 1.13. The highest BCUT2D eigenvalue weighted by molar-refractivity contribution is 9.10. The molecular formula is C13H14BrClN2.